The van der Waals surface area contributed by atoms with Gasteiger partial charge in [0.15, 0.2) is 6.10 Å². The monoisotopic (exact) mass is 339 g/mol. The van der Waals surface area contributed by atoms with Crippen LogP contribution in [0.1, 0.15) is 49.9 Å². The quantitative estimate of drug-likeness (QED) is 0.773. The molecule has 0 heterocycles. The van der Waals surface area contributed by atoms with Gasteiger partial charge in [-0.2, -0.15) is 0 Å². The fourth-order valence-electron chi connectivity index (χ4n) is 2.82. The van der Waals surface area contributed by atoms with Gasteiger partial charge in [-0.15, -0.1) is 0 Å². The molecule has 0 saturated carbocycles. The lowest BCUT2D eigenvalue weighted by molar-refractivity contribution is -0.128. The summed E-state index contributed by atoms with van der Waals surface area (Å²) in [5, 5.41) is 3.15. The summed E-state index contributed by atoms with van der Waals surface area (Å²) in [6.45, 7) is 10.2. The highest BCUT2D eigenvalue weighted by Gasteiger charge is 2.21. The zero-order valence-electron chi connectivity index (χ0n) is 15.9. The first kappa shape index (κ1) is 19.0. The van der Waals surface area contributed by atoms with E-state index >= 15 is 0 Å². The molecular weight excluding hydrogens is 310 g/mol. The number of amides is 1. The average Bonchev–Trinajstić information content (AvgIpc) is 2.58. The van der Waals surface area contributed by atoms with Crippen LogP contribution in [-0.2, 0) is 4.79 Å². The second kappa shape index (κ2) is 8.70. The first-order valence-corrected chi connectivity index (χ1v) is 8.96. The Labute approximate surface area is 151 Å². The molecule has 0 unspecified atom stereocenters. The zero-order valence-corrected chi connectivity index (χ0v) is 15.9. The minimum Gasteiger partial charge on any atom is -0.481 e. The number of aryl methyl sites for hydroxylation is 1. The van der Waals surface area contributed by atoms with Gasteiger partial charge in [0.05, 0.1) is 6.04 Å². The van der Waals surface area contributed by atoms with Gasteiger partial charge in [0, 0.05) is 0 Å². The van der Waals surface area contributed by atoms with Gasteiger partial charge >= 0.3 is 0 Å². The molecule has 0 saturated heterocycles. The van der Waals surface area contributed by atoms with E-state index < -0.39 is 6.10 Å². The number of carbonyl (C=O) groups excluding carboxylic acids is 1. The predicted octanol–water partition coefficient (Wildman–Crippen LogP) is 4.97. The van der Waals surface area contributed by atoms with Crippen LogP contribution in [-0.4, -0.2) is 12.0 Å². The number of nitrogens with one attached hydrogen (secondary N) is 1. The predicted molar refractivity (Wildman–Crippen MR) is 103 cm³/mol. The standard InChI is InChI=1S/C22H29NO2/c1-15(2)14-20(19-11-7-6-8-12-19)23-22(24)18(5)25-21-13-9-10-16(3)17(21)4/h6-13,15,18,20H,14H2,1-5H3,(H,23,24)/t18-,20-/m0/s1. The van der Waals surface area contributed by atoms with E-state index in [0.29, 0.717) is 5.92 Å². The summed E-state index contributed by atoms with van der Waals surface area (Å²) in [7, 11) is 0. The van der Waals surface area contributed by atoms with Crippen molar-refractivity contribution < 1.29 is 9.53 Å². The Morgan fingerprint density at radius 3 is 2.32 bits per heavy atom. The lowest BCUT2D eigenvalue weighted by atomic mass is 9.97. The van der Waals surface area contributed by atoms with E-state index in [4.69, 9.17) is 4.74 Å². The first-order chi connectivity index (χ1) is 11.9. The molecule has 0 fully saturated rings. The van der Waals surface area contributed by atoms with Crippen molar-refractivity contribution in [1.82, 2.24) is 5.32 Å². The molecule has 1 N–H and O–H groups in total. The van der Waals surface area contributed by atoms with E-state index in [1.54, 1.807) is 6.92 Å². The number of ether oxygens (including phenoxy) is 1. The van der Waals surface area contributed by atoms with E-state index in [-0.39, 0.29) is 11.9 Å². The summed E-state index contributed by atoms with van der Waals surface area (Å²) < 4.78 is 5.92. The Morgan fingerprint density at radius 2 is 1.68 bits per heavy atom. The molecule has 2 atom stereocenters. The van der Waals surface area contributed by atoms with Crippen LogP contribution >= 0.6 is 0 Å². The van der Waals surface area contributed by atoms with Crippen LogP contribution in [0.5, 0.6) is 5.75 Å². The molecule has 0 radical (unpaired) electrons. The van der Waals surface area contributed by atoms with Crippen LogP contribution in [0.3, 0.4) is 0 Å². The lowest BCUT2D eigenvalue weighted by Crippen LogP contribution is -2.39. The normalized spacial score (nSPS) is 13.4. The molecule has 25 heavy (non-hydrogen) atoms. The van der Waals surface area contributed by atoms with Crippen molar-refractivity contribution in [1.29, 1.82) is 0 Å². The maximum atomic E-state index is 12.7. The SMILES string of the molecule is Cc1cccc(O[C@@H](C)C(=O)N[C@@H](CC(C)C)c2ccccc2)c1C. The molecule has 3 heteroatoms. The van der Waals surface area contributed by atoms with E-state index in [2.05, 4.69) is 31.3 Å². The maximum absolute atomic E-state index is 12.7. The second-order valence-electron chi connectivity index (χ2n) is 7.06. The molecule has 2 aromatic carbocycles. The van der Waals surface area contributed by atoms with Gasteiger partial charge in [-0.1, -0.05) is 56.3 Å². The van der Waals surface area contributed by atoms with Crippen molar-refractivity contribution in [2.45, 2.75) is 53.2 Å². The van der Waals surface area contributed by atoms with Gasteiger partial charge in [0.2, 0.25) is 0 Å². The number of hydrogen-bond acceptors (Lipinski definition) is 2. The molecule has 0 aliphatic carbocycles. The van der Waals surface area contributed by atoms with Gasteiger partial charge in [-0.05, 0) is 55.9 Å². The highest BCUT2D eigenvalue weighted by atomic mass is 16.5. The maximum Gasteiger partial charge on any atom is 0.261 e. The Morgan fingerprint density at radius 1 is 1.00 bits per heavy atom. The number of hydrogen-bond donors (Lipinski definition) is 1. The molecule has 2 aromatic rings. The molecule has 2 rings (SSSR count). The van der Waals surface area contributed by atoms with Crippen molar-refractivity contribution >= 4 is 5.91 Å². The summed E-state index contributed by atoms with van der Waals surface area (Å²) in [5.74, 6) is 1.17. The minimum absolute atomic E-state index is 0.00152. The Hall–Kier alpha value is -2.29. The van der Waals surface area contributed by atoms with Crippen LogP contribution in [0.15, 0.2) is 48.5 Å². The minimum atomic E-state index is -0.543. The third-order valence-electron chi connectivity index (χ3n) is 4.45. The van der Waals surface area contributed by atoms with Gasteiger partial charge < -0.3 is 10.1 Å². The third-order valence-corrected chi connectivity index (χ3v) is 4.45. The van der Waals surface area contributed by atoms with Gasteiger partial charge in [-0.3, -0.25) is 4.79 Å². The van der Waals surface area contributed by atoms with Crippen molar-refractivity contribution in [3.8, 4) is 5.75 Å². The zero-order chi connectivity index (χ0) is 18.4. The molecule has 0 bridgehead atoms. The largest absolute Gasteiger partial charge is 0.481 e. The van der Waals surface area contributed by atoms with Crippen molar-refractivity contribution in [3.05, 3.63) is 65.2 Å². The summed E-state index contributed by atoms with van der Waals surface area (Å²) in [6, 6.07) is 16.0. The number of carbonyl (C=O) groups is 1. The topological polar surface area (TPSA) is 38.3 Å². The number of benzene rings is 2. The lowest BCUT2D eigenvalue weighted by Gasteiger charge is -2.24. The van der Waals surface area contributed by atoms with Gasteiger partial charge in [0.1, 0.15) is 5.75 Å². The highest BCUT2D eigenvalue weighted by molar-refractivity contribution is 5.81. The fourth-order valence-corrected chi connectivity index (χ4v) is 2.82. The molecule has 3 nitrogen and oxygen atoms in total. The van der Waals surface area contributed by atoms with Crippen LogP contribution < -0.4 is 10.1 Å². The summed E-state index contributed by atoms with van der Waals surface area (Å²) >= 11 is 0. The third kappa shape index (κ3) is 5.35. The van der Waals surface area contributed by atoms with Crippen molar-refractivity contribution in [2.75, 3.05) is 0 Å². The Balaban J connectivity index is 2.08. The first-order valence-electron chi connectivity index (χ1n) is 8.96. The smallest absolute Gasteiger partial charge is 0.261 e. The summed E-state index contributed by atoms with van der Waals surface area (Å²) in [6.07, 6.45) is 0.352. The molecular formula is C22H29NO2. The van der Waals surface area contributed by atoms with E-state index in [1.807, 2.05) is 50.2 Å². The van der Waals surface area contributed by atoms with Gasteiger partial charge in [-0.25, -0.2) is 0 Å². The van der Waals surface area contributed by atoms with Crippen LogP contribution in [0.2, 0.25) is 0 Å². The Kier molecular flexibility index (Phi) is 6.63. The van der Waals surface area contributed by atoms with Crippen LogP contribution in [0.4, 0.5) is 0 Å². The Bertz CT molecular complexity index is 694. The number of rotatable bonds is 7. The van der Waals surface area contributed by atoms with E-state index in [0.717, 1.165) is 28.9 Å². The molecule has 0 spiro atoms. The van der Waals surface area contributed by atoms with Crippen LogP contribution in [0.25, 0.3) is 0 Å². The van der Waals surface area contributed by atoms with Crippen molar-refractivity contribution in [2.24, 2.45) is 5.92 Å². The molecule has 0 aliphatic heterocycles. The fraction of sp³-hybridized carbons (Fsp3) is 0.409. The van der Waals surface area contributed by atoms with Crippen molar-refractivity contribution in [3.63, 3.8) is 0 Å². The summed E-state index contributed by atoms with van der Waals surface area (Å²) in [5.41, 5.74) is 3.36. The molecule has 0 aromatic heterocycles. The average molecular weight is 339 g/mol. The van der Waals surface area contributed by atoms with E-state index in [9.17, 15) is 4.79 Å². The second-order valence-corrected chi connectivity index (χ2v) is 7.06. The van der Waals surface area contributed by atoms with Crippen LogP contribution in [0, 0.1) is 19.8 Å². The molecule has 1 amide bonds. The molecule has 0 aliphatic rings. The molecule has 134 valence electrons. The van der Waals surface area contributed by atoms with E-state index in [1.165, 1.54) is 0 Å². The summed E-state index contributed by atoms with van der Waals surface area (Å²) in [4.78, 5) is 12.7. The highest BCUT2D eigenvalue weighted by Crippen LogP contribution is 2.23. The van der Waals surface area contributed by atoms with Gasteiger partial charge in [0.25, 0.3) is 5.91 Å².